The van der Waals surface area contributed by atoms with E-state index in [4.69, 9.17) is 10.3 Å². The lowest BCUT2D eigenvalue weighted by atomic mass is 10.2. The highest BCUT2D eigenvalue weighted by Gasteiger charge is 2.11. The summed E-state index contributed by atoms with van der Waals surface area (Å²) in [7, 11) is 0. The van der Waals surface area contributed by atoms with E-state index in [1.165, 1.54) is 6.07 Å². The summed E-state index contributed by atoms with van der Waals surface area (Å²) in [5.74, 6) is -3.20. The number of hydroxylamine groups is 1. The maximum atomic E-state index is 12.8. The summed E-state index contributed by atoms with van der Waals surface area (Å²) < 4.78 is 25.3. The van der Waals surface area contributed by atoms with Gasteiger partial charge >= 0.3 is 0 Å². The predicted octanol–water partition coefficient (Wildman–Crippen LogP) is 1.15. The molecule has 0 aliphatic heterocycles. The molecule has 0 spiro atoms. The molecule has 0 aliphatic rings. The molecule has 0 amide bonds. The van der Waals surface area contributed by atoms with E-state index in [0.29, 0.717) is 0 Å². The van der Waals surface area contributed by atoms with Gasteiger partial charge in [0.05, 0.1) is 0 Å². The Balaban J connectivity index is 3.08. The quantitative estimate of drug-likeness (QED) is 0.591. The molecule has 0 atom stereocenters. The third-order valence-corrected chi connectivity index (χ3v) is 1.41. The van der Waals surface area contributed by atoms with Crippen LogP contribution in [0.4, 0.5) is 8.78 Å². The number of rotatable bonds is 2. The van der Waals surface area contributed by atoms with Gasteiger partial charge < -0.3 is 10.3 Å². The van der Waals surface area contributed by atoms with Gasteiger partial charge in [-0.1, -0.05) is 6.07 Å². The van der Waals surface area contributed by atoms with E-state index in [9.17, 15) is 8.78 Å². The van der Waals surface area contributed by atoms with Gasteiger partial charge in [-0.2, -0.15) is 4.39 Å². The Morgan fingerprint density at radius 3 is 2.50 bits per heavy atom. The maximum absolute atomic E-state index is 12.8. The van der Waals surface area contributed by atoms with Gasteiger partial charge in [0.15, 0.2) is 11.6 Å². The third-order valence-electron chi connectivity index (χ3n) is 1.41. The normalized spacial score (nSPS) is 10.2. The fourth-order valence-electron chi connectivity index (χ4n) is 0.801. The number of aromatic hydroxyl groups is 1. The van der Waals surface area contributed by atoms with Crippen molar-refractivity contribution in [1.82, 2.24) is 5.48 Å². The van der Waals surface area contributed by atoms with Gasteiger partial charge in [0.1, 0.15) is 0 Å². The van der Waals surface area contributed by atoms with Crippen LogP contribution in [-0.2, 0) is 6.54 Å². The monoisotopic (exact) mass is 175 g/mol. The second kappa shape index (κ2) is 3.46. The Hall–Kier alpha value is -1.20. The van der Waals surface area contributed by atoms with Crippen molar-refractivity contribution in [3.8, 4) is 5.75 Å². The zero-order valence-electron chi connectivity index (χ0n) is 6.01. The van der Waals surface area contributed by atoms with Crippen LogP contribution >= 0.6 is 0 Å². The third kappa shape index (κ3) is 1.51. The number of halogens is 2. The van der Waals surface area contributed by atoms with Gasteiger partial charge in [-0.15, -0.1) is 0 Å². The number of hydrogen-bond acceptors (Lipinski definition) is 3. The average Bonchev–Trinajstić information content (AvgIpc) is 2.07. The van der Waals surface area contributed by atoms with Crippen molar-refractivity contribution in [3.05, 3.63) is 29.3 Å². The molecule has 0 radical (unpaired) electrons. The van der Waals surface area contributed by atoms with Crippen LogP contribution in [0.25, 0.3) is 0 Å². The van der Waals surface area contributed by atoms with Gasteiger partial charge in [0.2, 0.25) is 5.82 Å². The molecule has 66 valence electrons. The molecule has 0 unspecified atom stereocenters. The molecule has 1 rings (SSSR count). The summed E-state index contributed by atoms with van der Waals surface area (Å²) >= 11 is 0. The second-order valence-electron chi connectivity index (χ2n) is 2.21. The van der Waals surface area contributed by atoms with E-state index in [-0.39, 0.29) is 12.1 Å². The number of phenolic OH excluding ortho intramolecular Hbond substituents is 1. The standard InChI is InChI=1S/C7H7F2NO2/c8-6-4(3-10-12)1-2-5(11)7(6)9/h1-2,10-12H,3H2. The SMILES string of the molecule is ONCc1ccc(O)c(F)c1F. The number of hydrogen-bond donors (Lipinski definition) is 3. The Morgan fingerprint density at radius 1 is 1.25 bits per heavy atom. The first-order chi connectivity index (χ1) is 5.66. The number of nitrogens with one attached hydrogen (secondary N) is 1. The van der Waals surface area contributed by atoms with Crippen molar-refractivity contribution in [1.29, 1.82) is 0 Å². The zero-order chi connectivity index (χ0) is 9.14. The number of phenols is 1. The Bertz CT molecular complexity index is 291. The molecular weight excluding hydrogens is 168 g/mol. The summed E-state index contributed by atoms with van der Waals surface area (Å²) in [4.78, 5) is 0. The largest absolute Gasteiger partial charge is 0.505 e. The molecule has 0 heterocycles. The minimum atomic E-state index is -1.30. The summed E-state index contributed by atoms with van der Waals surface area (Å²) in [5.41, 5.74) is 1.63. The van der Waals surface area contributed by atoms with Crippen molar-refractivity contribution in [2.45, 2.75) is 6.54 Å². The zero-order valence-corrected chi connectivity index (χ0v) is 6.01. The van der Waals surface area contributed by atoms with Crippen molar-refractivity contribution in [2.24, 2.45) is 0 Å². The molecule has 0 saturated carbocycles. The lowest BCUT2D eigenvalue weighted by Gasteiger charge is -2.02. The fraction of sp³-hybridized carbons (Fsp3) is 0.143. The van der Waals surface area contributed by atoms with Crippen LogP contribution in [0.5, 0.6) is 5.75 Å². The van der Waals surface area contributed by atoms with Crippen molar-refractivity contribution in [2.75, 3.05) is 0 Å². The molecule has 0 fully saturated rings. The summed E-state index contributed by atoms with van der Waals surface area (Å²) in [6.07, 6.45) is 0. The average molecular weight is 175 g/mol. The van der Waals surface area contributed by atoms with Gasteiger partial charge in [0.25, 0.3) is 0 Å². The smallest absolute Gasteiger partial charge is 0.200 e. The minimum Gasteiger partial charge on any atom is -0.505 e. The van der Waals surface area contributed by atoms with E-state index < -0.39 is 17.4 Å². The Kier molecular flexibility index (Phi) is 2.57. The first kappa shape index (κ1) is 8.89. The van der Waals surface area contributed by atoms with E-state index in [0.717, 1.165) is 6.07 Å². The summed E-state index contributed by atoms with van der Waals surface area (Å²) in [5, 5.41) is 16.9. The van der Waals surface area contributed by atoms with Crippen LogP contribution in [0.2, 0.25) is 0 Å². The molecule has 0 aromatic heterocycles. The molecule has 12 heavy (non-hydrogen) atoms. The summed E-state index contributed by atoms with van der Waals surface area (Å²) in [6, 6.07) is 2.20. The van der Waals surface area contributed by atoms with Crippen LogP contribution in [0.1, 0.15) is 5.56 Å². The molecular formula is C7H7F2NO2. The molecule has 3 N–H and O–H groups in total. The first-order valence-electron chi connectivity index (χ1n) is 3.19. The van der Waals surface area contributed by atoms with Crippen molar-refractivity contribution in [3.63, 3.8) is 0 Å². The highest BCUT2D eigenvalue weighted by molar-refractivity contribution is 5.29. The fourth-order valence-corrected chi connectivity index (χ4v) is 0.801. The molecule has 1 aromatic carbocycles. The predicted molar refractivity (Wildman–Crippen MR) is 36.6 cm³/mol. The highest BCUT2D eigenvalue weighted by Crippen LogP contribution is 2.20. The van der Waals surface area contributed by atoms with Gasteiger partial charge in [0, 0.05) is 12.1 Å². The minimum absolute atomic E-state index is 0.0483. The molecule has 0 aliphatic carbocycles. The van der Waals surface area contributed by atoms with Gasteiger partial charge in [-0.25, -0.2) is 9.87 Å². The first-order valence-corrected chi connectivity index (χ1v) is 3.19. The Labute approximate surface area is 67.2 Å². The topological polar surface area (TPSA) is 52.5 Å². The lowest BCUT2D eigenvalue weighted by molar-refractivity contribution is 0.159. The van der Waals surface area contributed by atoms with Crippen LogP contribution in [-0.4, -0.2) is 10.3 Å². The van der Waals surface area contributed by atoms with Crippen LogP contribution in [0.15, 0.2) is 12.1 Å². The maximum Gasteiger partial charge on any atom is 0.200 e. The van der Waals surface area contributed by atoms with Gasteiger partial charge in [-0.05, 0) is 6.07 Å². The molecule has 1 aromatic rings. The van der Waals surface area contributed by atoms with E-state index >= 15 is 0 Å². The highest BCUT2D eigenvalue weighted by atomic mass is 19.2. The molecule has 0 saturated heterocycles. The van der Waals surface area contributed by atoms with E-state index in [1.807, 2.05) is 0 Å². The van der Waals surface area contributed by atoms with Crippen molar-refractivity contribution >= 4 is 0 Å². The van der Waals surface area contributed by atoms with Crippen molar-refractivity contribution < 1.29 is 19.1 Å². The number of benzene rings is 1. The van der Waals surface area contributed by atoms with Crippen LogP contribution in [0, 0.1) is 11.6 Å². The summed E-state index contributed by atoms with van der Waals surface area (Å²) in [6.45, 7) is -0.205. The molecule has 3 nitrogen and oxygen atoms in total. The van der Waals surface area contributed by atoms with E-state index in [1.54, 1.807) is 5.48 Å². The lowest BCUT2D eigenvalue weighted by Crippen LogP contribution is -2.08. The Morgan fingerprint density at radius 2 is 1.92 bits per heavy atom. The van der Waals surface area contributed by atoms with Crippen LogP contribution in [0.3, 0.4) is 0 Å². The van der Waals surface area contributed by atoms with Gasteiger partial charge in [-0.3, -0.25) is 0 Å². The second-order valence-corrected chi connectivity index (χ2v) is 2.21. The molecule has 0 bridgehead atoms. The van der Waals surface area contributed by atoms with Crippen LogP contribution < -0.4 is 5.48 Å². The van der Waals surface area contributed by atoms with E-state index in [2.05, 4.69) is 0 Å². The molecule has 5 heteroatoms.